The highest BCUT2D eigenvalue weighted by Crippen LogP contribution is 2.41. The first-order chi connectivity index (χ1) is 15.8. The average Bonchev–Trinajstić information content (AvgIpc) is 2.76. The Hall–Kier alpha value is -2.69. The van der Waals surface area contributed by atoms with E-state index < -0.39 is 51.3 Å². The summed E-state index contributed by atoms with van der Waals surface area (Å²) in [6, 6.07) is 3.94. The van der Waals surface area contributed by atoms with Crippen molar-refractivity contribution in [1.29, 1.82) is 0 Å². The number of esters is 1. The first kappa shape index (κ1) is 25.9. The summed E-state index contributed by atoms with van der Waals surface area (Å²) in [5.74, 6) is -3.12. The van der Waals surface area contributed by atoms with Crippen LogP contribution < -0.4 is 4.74 Å². The van der Waals surface area contributed by atoms with Gasteiger partial charge in [-0.05, 0) is 42.7 Å². The van der Waals surface area contributed by atoms with E-state index in [4.69, 9.17) is 21.1 Å². The molecule has 2 atom stereocenters. The van der Waals surface area contributed by atoms with E-state index in [1.165, 1.54) is 37.2 Å². The van der Waals surface area contributed by atoms with Crippen molar-refractivity contribution in [3.05, 3.63) is 57.4 Å². The zero-order chi connectivity index (χ0) is 25.5. The van der Waals surface area contributed by atoms with Gasteiger partial charge in [-0.1, -0.05) is 24.6 Å². The maximum absolute atomic E-state index is 14.9. The van der Waals surface area contributed by atoms with Gasteiger partial charge in [-0.2, -0.15) is 0 Å². The lowest BCUT2D eigenvalue weighted by molar-refractivity contribution is -0.146. The normalized spacial score (nSPS) is 16.7. The van der Waals surface area contributed by atoms with Gasteiger partial charge in [0, 0.05) is 31.1 Å². The minimum Gasteiger partial charge on any atom is -0.476 e. The number of aryl methyl sites for hydroxylation is 1. The monoisotopic (exact) mass is 512 g/mol. The summed E-state index contributed by atoms with van der Waals surface area (Å²) in [5, 5.41) is 0.114. The molecule has 0 saturated carbocycles. The molecule has 1 amide bonds. The number of halogens is 2. The Balaban J connectivity index is 2.22. The summed E-state index contributed by atoms with van der Waals surface area (Å²) in [6.45, 7) is 4.48. The second-order valence-electron chi connectivity index (χ2n) is 8.31. The molecular weight excluding hydrogens is 487 g/mol. The van der Waals surface area contributed by atoms with Gasteiger partial charge in [0.2, 0.25) is 0 Å². The number of benzene rings is 2. The Morgan fingerprint density at radius 2 is 1.88 bits per heavy atom. The number of ether oxygens (including phenoxy) is 2. The molecule has 34 heavy (non-hydrogen) atoms. The maximum atomic E-state index is 14.9. The molecular formula is C23H26ClFN2O6S. The van der Waals surface area contributed by atoms with Crippen LogP contribution in [0.3, 0.4) is 0 Å². The summed E-state index contributed by atoms with van der Waals surface area (Å²) in [5.41, 5.74) is 1.36. The van der Waals surface area contributed by atoms with E-state index in [1.54, 1.807) is 26.8 Å². The fourth-order valence-electron chi connectivity index (χ4n) is 4.10. The van der Waals surface area contributed by atoms with Crippen molar-refractivity contribution in [3.63, 3.8) is 0 Å². The SMILES string of the molecule is COC(=O)[C@H](C(C)c1c(F)ccc(C)c1C)N1COc2cc(Cl)cc(C(=O)N(C)C)c2S1(=O)=O. The minimum atomic E-state index is -4.47. The highest BCUT2D eigenvalue weighted by molar-refractivity contribution is 7.89. The molecule has 0 saturated heterocycles. The highest BCUT2D eigenvalue weighted by Gasteiger charge is 2.47. The van der Waals surface area contributed by atoms with Crippen molar-refractivity contribution in [1.82, 2.24) is 9.21 Å². The number of carbonyl (C=O) groups is 2. The van der Waals surface area contributed by atoms with E-state index >= 15 is 0 Å². The Morgan fingerprint density at radius 1 is 1.24 bits per heavy atom. The van der Waals surface area contributed by atoms with Crippen LogP contribution in [-0.4, -0.2) is 63.5 Å². The second-order valence-corrected chi connectivity index (χ2v) is 10.6. The fraction of sp³-hybridized carbons (Fsp3) is 0.391. The molecule has 0 fully saturated rings. The molecule has 0 bridgehead atoms. The van der Waals surface area contributed by atoms with E-state index in [9.17, 15) is 22.4 Å². The van der Waals surface area contributed by atoms with Crippen LogP contribution in [0, 0.1) is 19.7 Å². The maximum Gasteiger partial charge on any atom is 0.324 e. The smallest absolute Gasteiger partial charge is 0.324 e. The Bertz CT molecular complexity index is 1260. The molecule has 11 heteroatoms. The van der Waals surface area contributed by atoms with Gasteiger partial charge in [-0.3, -0.25) is 9.59 Å². The molecule has 1 unspecified atom stereocenters. The molecule has 0 aromatic heterocycles. The third-order valence-corrected chi connectivity index (χ3v) is 8.09. The quantitative estimate of drug-likeness (QED) is 0.569. The molecule has 1 aliphatic heterocycles. The van der Waals surface area contributed by atoms with Crippen LogP contribution in [-0.2, 0) is 19.6 Å². The van der Waals surface area contributed by atoms with Gasteiger partial charge in [0.15, 0.2) is 6.73 Å². The lowest BCUT2D eigenvalue weighted by atomic mass is 9.87. The first-order valence-electron chi connectivity index (χ1n) is 10.4. The van der Waals surface area contributed by atoms with Crippen molar-refractivity contribution in [2.45, 2.75) is 37.6 Å². The standard InChI is InChI=1S/C23H26ClFN2O6S/c1-12-7-8-17(25)19(13(12)2)14(3)20(23(29)32-6)27-11-33-18-10-15(24)9-16(22(28)26(4)5)21(18)34(27,30)31/h7-10,14,20H,11H2,1-6H3/t14?,20-/m0/s1. The van der Waals surface area contributed by atoms with Crippen molar-refractivity contribution in [2.75, 3.05) is 27.9 Å². The number of nitrogens with zero attached hydrogens (tertiary/aromatic N) is 2. The van der Waals surface area contributed by atoms with E-state index in [2.05, 4.69) is 0 Å². The van der Waals surface area contributed by atoms with Crippen LogP contribution in [0.15, 0.2) is 29.2 Å². The van der Waals surface area contributed by atoms with Gasteiger partial charge < -0.3 is 14.4 Å². The van der Waals surface area contributed by atoms with Gasteiger partial charge >= 0.3 is 5.97 Å². The van der Waals surface area contributed by atoms with Crippen molar-refractivity contribution in [2.24, 2.45) is 0 Å². The second kappa shape index (κ2) is 9.52. The number of fused-ring (bicyclic) bond motifs is 1. The van der Waals surface area contributed by atoms with Crippen LogP contribution >= 0.6 is 11.6 Å². The predicted molar refractivity (Wildman–Crippen MR) is 124 cm³/mol. The van der Waals surface area contributed by atoms with Crippen LogP contribution in [0.5, 0.6) is 5.75 Å². The Morgan fingerprint density at radius 3 is 2.47 bits per heavy atom. The molecule has 3 rings (SSSR count). The molecule has 1 heterocycles. The molecule has 0 aliphatic carbocycles. The molecule has 0 radical (unpaired) electrons. The van der Waals surface area contributed by atoms with E-state index in [0.29, 0.717) is 5.56 Å². The average molecular weight is 513 g/mol. The van der Waals surface area contributed by atoms with Gasteiger partial charge in [0.05, 0.1) is 12.7 Å². The van der Waals surface area contributed by atoms with Gasteiger partial charge in [0.25, 0.3) is 15.9 Å². The van der Waals surface area contributed by atoms with Gasteiger partial charge in [-0.15, -0.1) is 4.31 Å². The predicted octanol–water partition coefficient (Wildman–Crippen LogP) is 3.48. The number of hydrogen-bond donors (Lipinski definition) is 0. The lowest BCUT2D eigenvalue weighted by Crippen LogP contribution is -2.52. The molecule has 2 aromatic rings. The summed E-state index contributed by atoms with van der Waals surface area (Å²) >= 11 is 6.10. The third kappa shape index (κ3) is 4.37. The molecule has 0 spiro atoms. The minimum absolute atomic E-state index is 0.108. The number of hydrogen-bond acceptors (Lipinski definition) is 6. The Kier molecular flexibility index (Phi) is 7.26. The topological polar surface area (TPSA) is 93.2 Å². The first-order valence-corrected chi connectivity index (χ1v) is 12.2. The molecule has 184 valence electrons. The summed E-state index contributed by atoms with van der Waals surface area (Å²) in [6.07, 6.45) is 0. The van der Waals surface area contributed by atoms with Crippen molar-refractivity contribution in [3.8, 4) is 5.75 Å². The molecule has 8 nitrogen and oxygen atoms in total. The molecule has 1 aliphatic rings. The zero-order valence-corrected chi connectivity index (χ0v) is 21.3. The van der Waals surface area contributed by atoms with Gasteiger partial charge in [0.1, 0.15) is 22.5 Å². The summed E-state index contributed by atoms with van der Waals surface area (Å²) in [7, 11) is -0.425. The van der Waals surface area contributed by atoms with Crippen LogP contribution in [0.4, 0.5) is 4.39 Å². The number of methoxy groups -OCH3 is 1. The van der Waals surface area contributed by atoms with Crippen LogP contribution in [0.25, 0.3) is 0 Å². The van der Waals surface area contributed by atoms with E-state index in [1.807, 2.05) is 0 Å². The van der Waals surface area contributed by atoms with Crippen LogP contribution in [0.2, 0.25) is 5.02 Å². The largest absolute Gasteiger partial charge is 0.476 e. The molecule has 0 N–H and O–H groups in total. The van der Waals surface area contributed by atoms with Crippen molar-refractivity contribution < 1.29 is 31.9 Å². The fourth-order valence-corrected chi connectivity index (χ4v) is 6.10. The third-order valence-electron chi connectivity index (χ3n) is 5.98. The zero-order valence-electron chi connectivity index (χ0n) is 19.7. The Labute approximate surface area is 203 Å². The molecule has 2 aromatic carbocycles. The van der Waals surface area contributed by atoms with Crippen molar-refractivity contribution >= 4 is 33.5 Å². The summed E-state index contributed by atoms with van der Waals surface area (Å²) < 4.78 is 53.9. The number of sulfonamides is 1. The number of amides is 1. The number of rotatable bonds is 5. The van der Waals surface area contributed by atoms with E-state index in [-0.39, 0.29) is 21.9 Å². The van der Waals surface area contributed by atoms with Gasteiger partial charge in [-0.25, -0.2) is 12.8 Å². The summed E-state index contributed by atoms with van der Waals surface area (Å²) in [4.78, 5) is 26.5. The van der Waals surface area contributed by atoms with E-state index in [0.717, 1.165) is 17.0 Å². The number of carbonyl (C=O) groups excluding carboxylic acids is 2. The lowest BCUT2D eigenvalue weighted by Gasteiger charge is -2.37. The van der Waals surface area contributed by atoms with Crippen LogP contribution in [0.1, 0.15) is 39.9 Å². The highest BCUT2D eigenvalue weighted by atomic mass is 35.5.